The van der Waals surface area contributed by atoms with Gasteiger partial charge in [0.25, 0.3) is 10.1 Å². The number of aromatic nitrogens is 2. The molecule has 2 aromatic rings. The number of hydrogen-bond donors (Lipinski definition) is 2. The van der Waals surface area contributed by atoms with Gasteiger partial charge in [-0.2, -0.15) is 8.42 Å². The molecule has 0 saturated carbocycles. The largest absolute Gasteiger partial charge is 1.00 e. The quantitative estimate of drug-likeness (QED) is 0.135. The molecule has 0 aliphatic heterocycles. The molecular weight excluding hydrogens is 552 g/mol. The minimum atomic E-state index is -4.76. The molecule has 11 heteroatoms. The van der Waals surface area contributed by atoms with Crippen LogP contribution in [0.3, 0.4) is 0 Å². The Morgan fingerprint density at radius 2 is 1.34 bits per heavy atom. The first-order chi connectivity index (χ1) is 17.5. The molecule has 0 amide bonds. The fourth-order valence-electron chi connectivity index (χ4n) is 4.74. The van der Waals surface area contributed by atoms with Crippen molar-refractivity contribution >= 4 is 31.3 Å². The van der Waals surface area contributed by atoms with Crippen LogP contribution < -0.4 is 51.4 Å². The number of rotatable bonds is 20. The Hall–Kier alpha value is 0.146. The van der Waals surface area contributed by atoms with Crippen LogP contribution in [0.2, 0.25) is 0 Å². The second-order valence-corrected chi connectivity index (χ2v) is 13.5. The van der Waals surface area contributed by atoms with Gasteiger partial charge in [-0.25, -0.2) is 13.4 Å². The molecule has 0 radical (unpaired) electrons. The van der Waals surface area contributed by atoms with Gasteiger partial charge in [0, 0.05) is 6.42 Å². The van der Waals surface area contributed by atoms with Crippen LogP contribution in [0, 0.1) is 0 Å². The van der Waals surface area contributed by atoms with Crippen molar-refractivity contribution in [1.29, 1.82) is 0 Å². The first kappa shape index (κ1) is 36.2. The zero-order valence-corrected chi connectivity index (χ0v) is 28.3. The van der Waals surface area contributed by atoms with Gasteiger partial charge in [-0.1, -0.05) is 90.4 Å². The smallest absolute Gasteiger partial charge is 0.744 e. The normalized spacial score (nSPS) is 13.1. The summed E-state index contributed by atoms with van der Waals surface area (Å²) >= 11 is 0. The molecule has 1 atom stereocenters. The van der Waals surface area contributed by atoms with Crippen molar-refractivity contribution in [2.75, 3.05) is 0 Å². The summed E-state index contributed by atoms with van der Waals surface area (Å²) < 4.78 is 67.4. The Balaban J connectivity index is 0.00000722. The zero-order chi connectivity index (χ0) is 27.3. The minimum absolute atomic E-state index is 0. The molecule has 0 saturated heterocycles. The maximum absolute atomic E-state index is 11.8. The standard InChI is InChI=1S/C27H46N2O6S2.K/c1-3-4-5-6-7-8-9-10-11-12-13-14-15-16-17-26-28-24-20-21-25(37(33,34)35)23(27(24)29-26)19-18-22(2)36(30,31)32;/h20-22H,3-19H2,1-2H3,(H,28,29)(H,30,31,32)(H,33,34,35);/q;+1/p-1. The van der Waals surface area contributed by atoms with E-state index in [0.29, 0.717) is 17.5 Å². The number of benzene rings is 1. The number of fused-ring (bicyclic) bond motifs is 1. The summed E-state index contributed by atoms with van der Waals surface area (Å²) in [5, 5.41) is -1.08. The molecular formula is C27H45KN2O6S2. The molecule has 212 valence electrons. The SMILES string of the molecule is CCCCCCCCCCCCCCCCc1nc2c(CCC(C)S(=O)(=O)O)c(S(=O)(=O)[O-])ccc2[nH]1.[K+]. The monoisotopic (exact) mass is 596 g/mol. The Kier molecular flexibility index (Phi) is 17.7. The van der Waals surface area contributed by atoms with E-state index in [-0.39, 0.29) is 69.8 Å². The molecule has 2 N–H and O–H groups in total. The van der Waals surface area contributed by atoms with Gasteiger partial charge in [-0.05, 0) is 43.9 Å². The van der Waals surface area contributed by atoms with Crippen LogP contribution in [-0.4, -0.2) is 41.2 Å². The third kappa shape index (κ3) is 13.2. The van der Waals surface area contributed by atoms with Crippen molar-refractivity contribution < 1.29 is 77.3 Å². The van der Waals surface area contributed by atoms with E-state index in [9.17, 15) is 25.9 Å². The van der Waals surface area contributed by atoms with Crippen molar-refractivity contribution in [3.8, 4) is 0 Å². The molecule has 0 aliphatic carbocycles. The van der Waals surface area contributed by atoms with Crippen LogP contribution in [0.4, 0.5) is 0 Å². The molecule has 1 aromatic carbocycles. The third-order valence-corrected chi connectivity index (χ3v) is 9.29. The Bertz CT molecular complexity index is 1170. The average molecular weight is 597 g/mol. The number of nitrogens with one attached hydrogen (secondary N) is 1. The van der Waals surface area contributed by atoms with E-state index < -0.39 is 30.4 Å². The molecule has 8 nitrogen and oxygen atoms in total. The van der Waals surface area contributed by atoms with Gasteiger partial charge in [-0.3, -0.25) is 4.55 Å². The maximum Gasteiger partial charge on any atom is 1.00 e. The molecule has 1 heterocycles. The number of hydrogen-bond acceptors (Lipinski definition) is 6. The Morgan fingerprint density at radius 1 is 0.842 bits per heavy atom. The summed E-state index contributed by atoms with van der Waals surface area (Å²) in [6, 6.07) is 2.77. The topological polar surface area (TPSA) is 140 Å². The third-order valence-electron chi connectivity index (χ3n) is 7.11. The molecule has 1 aromatic heterocycles. The van der Waals surface area contributed by atoms with Crippen molar-refractivity contribution in [1.82, 2.24) is 9.97 Å². The minimum Gasteiger partial charge on any atom is -0.744 e. The van der Waals surface area contributed by atoms with Gasteiger partial charge in [0.1, 0.15) is 15.9 Å². The number of nitrogens with zero attached hydrogens (tertiary/aromatic N) is 1. The first-order valence-electron chi connectivity index (χ1n) is 14.0. The van der Waals surface area contributed by atoms with Crippen molar-refractivity contribution in [2.45, 2.75) is 133 Å². The van der Waals surface area contributed by atoms with Gasteiger partial charge in [-0.15, -0.1) is 0 Å². The van der Waals surface area contributed by atoms with Crippen LogP contribution in [0.25, 0.3) is 11.0 Å². The summed E-state index contributed by atoms with van der Waals surface area (Å²) in [6.07, 6.45) is 18.6. The zero-order valence-electron chi connectivity index (χ0n) is 23.5. The van der Waals surface area contributed by atoms with E-state index in [1.165, 1.54) is 96.1 Å². The van der Waals surface area contributed by atoms with Crippen LogP contribution in [0.5, 0.6) is 0 Å². The molecule has 0 bridgehead atoms. The Morgan fingerprint density at radius 3 is 1.82 bits per heavy atom. The molecule has 0 aliphatic rings. The maximum atomic E-state index is 11.8. The van der Waals surface area contributed by atoms with Crippen LogP contribution in [-0.2, 0) is 33.1 Å². The molecule has 1 unspecified atom stereocenters. The van der Waals surface area contributed by atoms with Gasteiger partial charge in [0.2, 0.25) is 0 Å². The van der Waals surface area contributed by atoms with Crippen LogP contribution >= 0.6 is 0 Å². The average Bonchev–Trinajstić information content (AvgIpc) is 3.24. The second-order valence-electron chi connectivity index (χ2n) is 10.3. The predicted octanol–water partition coefficient (Wildman–Crippen LogP) is 3.70. The summed E-state index contributed by atoms with van der Waals surface area (Å²) in [5.41, 5.74) is 1.19. The summed E-state index contributed by atoms with van der Waals surface area (Å²) in [5.74, 6) is 0.721. The van der Waals surface area contributed by atoms with Gasteiger partial charge < -0.3 is 9.54 Å². The molecule has 0 fully saturated rings. The van der Waals surface area contributed by atoms with Gasteiger partial charge in [0.05, 0.1) is 21.2 Å². The first-order valence-corrected chi connectivity index (χ1v) is 16.9. The number of aryl methyl sites for hydroxylation is 2. The van der Waals surface area contributed by atoms with E-state index in [1.54, 1.807) is 0 Å². The second kappa shape index (κ2) is 18.6. The molecule has 0 spiro atoms. The van der Waals surface area contributed by atoms with Crippen LogP contribution in [0.1, 0.15) is 122 Å². The van der Waals surface area contributed by atoms with E-state index in [4.69, 9.17) is 0 Å². The predicted molar refractivity (Wildman–Crippen MR) is 147 cm³/mol. The number of H-pyrrole nitrogens is 1. The number of unbranched alkanes of at least 4 members (excludes halogenated alkanes) is 13. The van der Waals surface area contributed by atoms with Crippen molar-refractivity contribution in [3.05, 3.63) is 23.5 Å². The fourth-order valence-corrected chi connectivity index (χ4v) is 5.89. The van der Waals surface area contributed by atoms with E-state index >= 15 is 0 Å². The molecule has 38 heavy (non-hydrogen) atoms. The summed E-state index contributed by atoms with van der Waals surface area (Å²) in [6.45, 7) is 3.59. The van der Waals surface area contributed by atoms with Gasteiger partial charge in [0.15, 0.2) is 0 Å². The number of aromatic amines is 1. The van der Waals surface area contributed by atoms with E-state index in [2.05, 4.69) is 16.9 Å². The van der Waals surface area contributed by atoms with Gasteiger partial charge >= 0.3 is 51.4 Å². The van der Waals surface area contributed by atoms with E-state index in [0.717, 1.165) is 18.7 Å². The van der Waals surface area contributed by atoms with Crippen LogP contribution in [0.15, 0.2) is 17.0 Å². The Labute approximate surface area is 272 Å². The number of imidazole rings is 1. The van der Waals surface area contributed by atoms with E-state index in [1.807, 2.05) is 0 Å². The van der Waals surface area contributed by atoms with Crippen molar-refractivity contribution in [2.24, 2.45) is 0 Å². The summed E-state index contributed by atoms with van der Waals surface area (Å²) in [4.78, 5) is 7.37. The van der Waals surface area contributed by atoms with Crippen molar-refractivity contribution in [3.63, 3.8) is 0 Å². The molecule has 2 rings (SSSR count). The fraction of sp³-hybridized carbons (Fsp3) is 0.741. The summed E-state index contributed by atoms with van der Waals surface area (Å²) in [7, 11) is -9.01.